The summed E-state index contributed by atoms with van der Waals surface area (Å²) in [7, 11) is 0. The Balaban J connectivity index is 2.90. The maximum atomic E-state index is 12.9. The highest BCUT2D eigenvalue weighted by Gasteiger charge is 2.02. The molecular formula is C7H4FIN2. The van der Waals surface area contributed by atoms with Crippen LogP contribution in [0, 0.1) is 9.65 Å². The second-order valence-electron chi connectivity index (χ2n) is 2.18. The number of fused-ring (bicyclic) bond motifs is 1. The van der Waals surface area contributed by atoms with Crippen molar-refractivity contribution in [3.8, 4) is 0 Å². The van der Waals surface area contributed by atoms with Gasteiger partial charge in [0.05, 0.1) is 3.70 Å². The lowest BCUT2D eigenvalue weighted by Crippen LogP contribution is -1.81. The monoisotopic (exact) mass is 262 g/mol. The molecule has 0 spiro atoms. The molecule has 0 fully saturated rings. The minimum atomic E-state index is -0.439. The van der Waals surface area contributed by atoms with Crippen molar-refractivity contribution < 1.29 is 4.39 Å². The number of nitrogens with one attached hydrogen (secondary N) is 1. The molecule has 11 heavy (non-hydrogen) atoms. The molecule has 0 aromatic carbocycles. The number of halogens is 2. The van der Waals surface area contributed by atoms with Gasteiger partial charge in [0.1, 0.15) is 5.52 Å². The molecule has 0 aliphatic heterocycles. The van der Waals surface area contributed by atoms with Gasteiger partial charge in [-0.3, -0.25) is 0 Å². The van der Waals surface area contributed by atoms with E-state index in [1.165, 1.54) is 6.20 Å². The zero-order valence-corrected chi connectivity index (χ0v) is 7.59. The lowest BCUT2D eigenvalue weighted by molar-refractivity contribution is 0.594. The van der Waals surface area contributed by atoms with Crippen molar-refractivity contribution >= 4 is 33.5 Å². The van der Waals surface area contributed by atoms with Gasteiger partial charge in [-0.25, -0.2) is 4.98 Å². The molecule has 0 atom stereocenters. The van der Waals surface area contributed by atoms with Gasteiger partial charge < -0.3 is 4.98 Å². The van der Waals surface area contributed by atoms with Crippen molar-refractivity contribution in [2.75, 3.05) is 0 Å². The second-order valence-corrected chi connectivity index (χ2v) is 3.35. The molecule has 2 aromatic heterocycles. The highest BCUT2D eigenvalue weighted by Crippen LogP contribution is 2.17. The van der Waals surface area contributed by atoms with Gasteiger partial charge in [0.15, 0.2) is 0 Å². The Labute approximate surface area is 76.0 Å². The van der Waals surface area contributed by atoms with Gasteiger partial charge in [-0.2, -0.15) is 4.39 Å². The summed E-state index contributed by atoms with van der Waals surface area (Å²) < 4.78 is 13.8. The molecule has 0 aliphatic rings. The summed E-state index contributed by atoms with van der Waals surface area (Å²) in [6, 6.07) is 3.65. The summed E-state index contributed by atoms with van der Waals surface area (Å²) in [6.07, 6.45) is 1.46. The Kier molecular flexibility index (Phi) is 1.56. The number of pyridine rings is 1. The van der Waals surface area contributed by atoms with Crippen LogP contribution in [0.1, 0.15) is 0 Å². The molecule has 2 nitrogen and oxygen atoms in total. The number of hydrogen-bond acceptors (Lipinski definition) is 1. The molecular weight excluding hydrogens is 258 g/mol. The van der Waals surface area contributed by atoms with Gasteiger partial charge in [-0.1, -0.05) is 0 Å². The number of hydrogen-bond donors (Lipinski definition) is 1. The van der Waals surface area contributed by atoms with E-state index in [4.69, 9.17) is 0 Å². The summed E-state index contributed by atoms with van der Waals surface area (Å²) in [5, 5.41) is 0.863. The van der Waals surface area contributed by atoms with Crippen LogP contribution in [-0.2, 0) is 0 Å². The van der Waals surface area contributed by atoms with Crippen LogP contribution < -0.4 is 0 Å². The molecule has 0 saturated carbocycles. The largest absolute Gasteiger partial charge is 0.346 e. The van der Waals surface area contributed by atoms with Crippen molar-refractivity contribution in [1.29, 1.82) is 0 Å². The molecule has 0 aliphatic carbocycles. The molecule has 0 radical (unpaired) electrons. The molecule has 2 aromatic rings. The smallest absolute Gasteiger partial charge is 0.237 e. The van der Waals surface area contributed by atoms with Crippen LogP contribution in [-0.4, -0.2) is 9.97 Å². The Bertz CT molecular complexity index is 396. The molecule has 1 N–H and O–H groups in total. The van der Waals surface area contributed by atoms with Crippen LogP contribution in [0.2, 0.25) is 0 Å². The molecule has 0 bridgehead atoms. The number of nitrogens with zero attached hydrogens (tertiary/aromatic N) is 1. The van der Waals surface area contributed by atoms with E-state index in [0.29, 0.717) is 5.52 Å². The zero-order chi connectivity index (χ0) is 7.84. The number of rotatable bonds is 0. The van der Waals surface area contributed by atoms with Crippen LogP contribution in [0.4, 0.5) is 4.39 Å². The number of H-pyrrole nitrogens is 1. The maximum absolute atomic E-state index is 12.9. The highest BCUT2D eigenvalue weighted by atomic mass is 127. The Morgan fingerprint density at radius 2 is 2.36 bits per heavy atom. The van der Waals surface area contributed by atoms with Gasteiger partial charge in [0, 0.05) is 11.6 Å². The fourth-order valence-electron chi connectivity index (χ4n) is 0.986. The van der Waals surface area contributed by atoms with Gasteiger partial charge >= 0.3 is 0 Å². The summed E-state index contributed by atoms with van der Waals surface area (Å²) in [5.74, 6) is -0.439. The fraction of sp³-hybridized carbons (Fsp3) is 0. The third kappa shape index (κ3) is 1.11. The third-order valence-electron chi connectivity index (χ3n) is 1.46. The van der Waals surface area contributed by atoms with Gasteiger partial charge in [0.2, 0.25) is 5.95 Å². The van der Waals surface area contributed by atoms with E-state index in [0.717, 1.165) is 9.09 Å². The summed E-state index contributed by atoms with van der Waals surface area (Å²) >= 11 is 2.10. The van der Waals surface area contributed by atoms with E-state index in [2.05, 4.69) is 32.6 Å². The molecule has 56 valence electrons. The zero-order valence-electron chi connectivity index (χ0n) is 5.44. The van der Waals surface area contributed by atoms with Crippen molar-refractivity contribution in [2.24, 2.45) is 0 Å². The first kappa shape index (κ1) is 7.02. The van der Waals surface area contributed by atoms with Gasteiger partial charge in [-0.05, 0) is 34.7 Å². The van der Waals surface area contributed by atoms with Gasteiger partial charge in [0.25, 0.3) is 0 Å². The van der Waals surface area contributed by atoms with E-state index in [-0.39, 0.29) is 0 Å². The molecule has 0 saturated heterocycles. The predicted molar refractivity (Wildman–Crippen MR) is 48.8 cm³/mol. The first-order chi connectivity index (χ1) is 5.27. The first-order valence-corrected chi connectivity index (χ1v) is 4.14. The highest BCUT2D eigenvalue weighted by molar-refractivity contribution is 14.1. The SMILES string of the molecule is Fc1nccc2cc(I)[nH]c12. The molecule has 4 heteroatoms. The van der Waals surface area contributed by atoms with Crippen molar-refractivity contribution in [1.82, 2.24) is 9.97 Å². The van der Waals surface area contributed by atoms with E-state index in [1.807, 2.05) is 6.07 Å². The first-order valence-electron chi connectivity index (χ1n) is 3.06. The van der Waals surface area contributed by atoms with Crippen LogP contribution in [0.5, 0.6) is 0 Å². The summed E-state index contributed by atoms with van der Waals surface area (Å²) in [6.45, 7) is 0. The quantitative estimate of drug-likeness (QED) is 0.572. The van der Waals surface area contributed by atoms with Crippen LogP contribution in [0.15, 0.2) is 18.3 Å². The third-order valence-corrected chi connectivity index (χ3v) is 2.04. The predicted octanol–water partition coefficient (Wildman–Crippen LogP) is 2.31. The topological polar surface area (TPSA) is 28.7 Å². The van der Waals surface area contributed by atoms with Crippen LogP contribution >= 0.6 is 22.6 Å². The average molecular weight is 262 g/mol. The lowest BCUT2D eigenvalue weighted by atomic mass is 10.3. The molecule has 0 unspecified atom stereocenters. The van der Waals surface area contributed by atoms with E-state index in [1.54, 1.807) is 6.07 Å². The Hall–Kier alpha value is -0.650. The normalized spacial score (nSPS) is 10.7. The van der Waals surface area contributed by atoms with Gasteiger partial charge in [-0.15, -0.1) is 0 Å². The van der Waals surface area contributed by atoms with E-state index >= 15 is 0 Å². The molecule has 2 rings (SSSR count). The average Bonchev–Trinajstić information content (AvgIpc) is 2.31. The van der Waals surface area contributed by atoms with Crippen molar-refractivity contribution in [3.63, 3.8) is 0 Å². The van der Waals surface area contributed by atoms with Crippen molar-refractivity contribution in [3.05, 3.63) is 28.0 Å². The fourth-order valence-corrected chi connectivity index (χ4v) is 1.59. The second kappa shape index (κ2) is 2.44. The van der Waals surface area contributed by atoms with Crippen LogP contribution in [0.3, 0.4) is 0 Å². The number of aromatic nitrogens is 2. The minimum Gasteiger partial charge on any atom is -0.346 e. The molecule has 2 heterocycles. The lowest BCUT2D eigenvalue weighted by Gasteiger charge is -1.87. The van der Waals surface area contributed by atoms with Crippen molar-refractivity contribution in [2.45, 2.75) is 0 Å². The standard InChI is InChI=1S/C7H4FIN2/c8-7-6-4(1-2-10-7)3-5(9)11-6/h1-3,11H. The molecule has 0 amide bonds. The number of aromatic amines is 1. The Morgan fingerprint density at radius 1 is 1.55 bits per heavy atom. The summed E-state index contributed by atoms with van der Waals surface area (Å²) in [5.41, 5.74) is 0.483. The minimum absolute atomic E-state index is 0.439. The van der Waals surface area contributed by atoms with Crippen LogP contribution in [0.25, 0.3) is 10.9 Å². The summed E-state index contributed by atoms with van der Waals surface area (Å²) in [4.78, 5) is 6.40. The maximum Gasteiger partial charge on any atom is 0.237 e. The van der Waals surface area contributed by atoms with E-state index < -0.39 is 5.95 Å². The van der Waals surface area contributed by atoms with E-state index in [9.17, 15) is 4.39 Å². The Morgan fingerprint density at radius 3 is 3.09 bits per heavy atom.